The Kier molecular flexibility index (Phi) is 3.43. The van der Waals surface area contributed by atoms with E-state index in [-0.39, 0.29) is 33.5 Å². The highest BCUT2D eigenvalue weighted by molar-refractivity contribution is 6.36. The molecule has 106 valence electrons. The quantitative estimate of drug-likeness (QED) is 0.853. The number of hydrogen-bond donors (Lipinski definition) is 1. The molecule has 2 aromatic carbocycles. The molecule has 0 aromatic heterocycles. The molecule has 0 fully saturated rings. The van der Waals surface area contributed by atoms with Crippen LogP contribution in [0.4, 0.5) is 10.1 Å². The molecule has 3 rings (SSSR count). The summed E-state index contributed by atoms with van der Waals surface area (Å²) in [5.74, 6) is -1.52. The van der Waals surface area contributed by atoms with Crippen molar-refractivity contribution < 1.29 is 14.0 Å². The first-order valence-electron chi connectivity index (χ1n) is 6.08. The van der Waals surface area contributed by atoms with E-state index in [1.165, 1.54) is 30.3 Å². The molecule has 3 nitrogen and oxygen atoms in total. The Morgan fingerprint density at radius 2 is 1.90 bits per heavy atom. The van der Waals surface area contributed by atoms with Gasteiger partial charge in [-0.3, -0.25) is 9.59 Å². The maximum atomic E-state index is 13.9. The Labute approximate surface area is 129 Å². The van der Waals surface area contributed by atoms with Crippen molar-refractivity contribution in [1.82, 2.24) is 0 Å². The number of hydrogen-bond acceptors (Lipinski definition) is 2. The predicted octanol–water partition coefficient (Wildman–Crippen LogP) is 3.86. The molecule has 0 saturated carbocycles. The zero-order valence-electron chi connectivity index (χ0n) is 10.5. The fourth-order valence-electron chi connectivity index (χ4n) is 2.25. The van der Waals surface area contributed by atoms with Crippen molar-refractivity contribution >= 4 is 40.6 Å². The molecule has 1 aliphatic heterocycles. The van der Waals surface area contributed by atoms with Gasteiger partial charge in [0.05, 0.1) is 22.0 Å². The smallest absolute Gasteiger partial charge is 0.228 e. The van der Waals surface area contributed by atoms with Crippen LogP contribution in [0.25, 0.3) is 0 Å². The lowest BCUT2D eigenvalue weighted by molar-refractivity contribution is -0.115. The number of rotatable bonds is 2. The fraction of sp³-hybridized carbons (Fsp3) is 0.0667. The number of fused-ring (bicyclic) bond motifs is 1. The van der Waals surface area contributed by atoms with Gasteiger partial charge in [-0.25, -0.2) is 4.39 Å². The molecule has 0 unspecified atom stereocenters. The Morgan fingerprint density at radius 3 is 2.67 bits per heavy atom. The first kappa shape index (κ1) is 14.0. The van der Waals surface area contributed by atoms with Crippen molar-refractivity contribution in [2.45, 2.75) is 6.42 Å². The van der Waals surface area contributed by atoms with Crippen molar-refractivity contribution in [3.63, 3.8) is 0 Å². The maximum Gasteiger partial charge on any atom is 0.228 e. The molecule has 1 amide bonds. The van der Waals surface area contributed by atoms with Gasteiger partial charge >= 0.3 is 0 Å². The highest BCUT2D eigenvalue weighted by Gasteiger charge is 2.24. The highest BCUT2D eigenvalue weighted by Crippen LogP contribution is 2.32. The number of ketones is 1. The summed E-state index contributed by atoms with van der Waals surface area (Å²) in [6, 6.07) is 7.21. The van der Waals surface area contributed by atoms with Crippen molar-refractivity contribution in [3.8, 4) is 0 Å². The average molecular weight is 324 g/mol. The number of carbonyl (C=O) groups is 2. The van der Waals surface area contributed by atoms with E-state index in [2.05, 4.69) is 5.32 Å². The summed E-state index contributed by atoms with van der Waals surface area (Å²) < 4.78 is 13.9. The van der Waals surface area contributed by atoms with Gasteiger partial charge in [0.1, 0.15) is 0 Å². The van der Waals surface area contributed by atoms with Gasteiger partial charge in [0.2, 0.25) is 5.91 Å². The number of nitrogens with one attached hydrogen (secondary N) is 1. The predicted molar refractivity (Wildman–Crippen MR) is 78.6 cm³/mol. The monoisotopic (exact) mass is 323 g/mol. The maximum absolute atomic E-state index is 13.9. The van der Waals surface area contributed by atoms with E-state index in [4.69, 9.17) is 23.2 Å². The van der Waals surface area contributed by atoms with Crippen molar-refractivity contribution in [2.75, 3.05) is 5.32 Å². The van der Waals surface area contributed by atoms with Crippen LogP contribution in [0, 0.1) is 5.82 Å². The van der Waals surface area contributed by atoms with Crippen molar-refractivity contribution in [2.24, 2.45) is 0 Å². The first-order valence-corrected chi connectivity index (χ1v) is 6.84. The Morgan fingerprint density at radius 1 is 1.14 bits per heavy atom. The molecule has 1 aliphatic rings. The first-order chi connectivity index (χ1) is 9.97. The molecule has 2 aromatic rings. The van der Waals surface area contributed by atoms with Gasteiger partial charge in [-0.15, -0.1) is 0 Å². The minimum atomic E-state index is -0.782. The van der Waals surface area contributed by atoms with Gasteiger partial charge < -0.3 is 5.32 Å². The Hall–Kier alpha value is -1.91. The fourth-order valence-corrected chi connectivity index (χ4v) is 2.67. The molecule has 1 heterocycles. The molecular formula is C15H8Cl2FNO2. The van der Waals surface area contributed by atoms with E-state index >= 15 is 0 Å². The number of benzene rings is 2. The van der Waals surface area contributed by atoms with Crippen molar-refractivity contribution in [1.29, 1.82) is 0 Å². The third-order valence-electron chi connectivity index (χ3n) is 3.26. The molecular weight excluding hydrogens is 316 g/mol. The number of anilines is 1. The van der Waals surface area contributed by atoms with Crippen LogP contribution in [-0.4, -0.2) is 11.7 Å². The summed E-state index contributed by atoms with van der Waals surface area (Å²) >= 11 is 11.7. The summed E-state index contributed by atoms with van der Waals surface area (Å²) in [5, 5.41) is 2.66. The van der Waals surface area contributed by atoms with E-state index in [9.17, 15) is 14.0 Å². The summed E-state index contributed by atoms with van der Waals surface area (Å²) in [7, 11) is 0. The van der Waals surface area contributed by atoms with E-state index < -0.39 is 11.6 Å². The minimum Gasteiger partial charge on any atom is -0.325 e. The average Bonchev–Trinajstić information content (AvgIpc) is 2.79. The normalized spacial score (nSPS) is 13.0. The second kappa shape index (κ2) is 5.13. The zero-order valence-corrected chi connectivity index (χ0v) is 12.1. The second-order valence-electron chi connectivity index (χ2n) is 4.64. The van der Waals surface area contributed by atoms with Crippen LogP contribution in [0.1, 0.15) is 21.5 Å². The zero-order chi connectivity index (χ0) is 15.1. The molecule has 21 heavy (non-hydrogen) atoms. The molecule has 0 spiro atoms. The second-order valence-corrected chi connectivity index (χ2v) is 5.46. The largest absolute Gasteiger partial charge is 0.325 e. The van der Waals surface area contributed by atoms with E-state index in [0.29, 0.717) is 11.3 Å². The summed E-state index contributed by atoms with van der Waals surface area (Å²) in [6.45, 7) is 0. The van der Waals surface area contributed by atoms with Gasteiger partial charge in [-0.2, -0.15) is 0 Å². The highest BCUT2D eigenvalue weighted by atomic mass is 35.5. The van der Waals surface area contributed by atoms with Crippen LogP contribution in [-0.2, 0) is 11.2 Å². The van der Waals surface area contributed by atoms with E-state index in [1.807, 2.05) is 0 Å². The third kappa shape index (κ3) is 2.41. The van der Waals surface area contributed by atoms with Crippen LogP contribution < -0.4 is 5.32 Å². The third-order valence-corrected chi connectivity index (χ3v) is 3.86. The Bertz CT molecular complexity index is 789. The van der Waals surface area contributed by atoms with Crippen LogP contribution >= 0.6 is 23.2 Å². The van der Waals surface area contributed by atoms with Gasteiger partial charge in [-0.1, -0.05) is 29.3 Å². The molecule has 6 heteroatoms. The molecule has 0 aliphatic carbocycles. The van der Waals surface area contributed by atoms with Crippen LogP contribution in [0.15, 0.2) is 30.3 Å². The summed E-state index contributed by atoms with van der Waals surface area (Å²) in [4.78, 5) is 23.8. The number of carbonyl (C=O) groups excluding carboxylic acids is 2. The molecule has 0 saturated heterocycles. The van der Waals surface area contributed by atoms with Crippen LogP contribution in [0.2, 0.25) is 10.0 Å². The van der Waals surface area contributed by atoms with Gasteiger partial charge in [0, 0.05) is 11.3 Å². The molecule has 0 radical (unpaired) electrons. The van der Waals surface area contributed by atoms with Gasteiger partial charge in [-0.05, 0) is 29.8 Å². The van der Waals surface area contributed by atoms with Crippen molar-refractivity contribution in [3.05, 3.63) is 62.9 Å². The lowest BCUT2D eigenvalue weighted by Crippen LogP contribution is -2.06. The number of halogens is 3. The number of amides is 1. The van der Waals surface area contributed by atoms with E-state index in [0.717, 1.165) is 0 Å². The van der Waals surface area contributed by atoms with Gasteiger partial charge in [0.25, 0.3) is 0 Å². The standard InChI is InChI=1S/C15H8Cl2FNO2/c16-10-3-1-2-8(14(10)18)15(21)9-4-7-5-13(20)19-12(7)6-11(9)17/h1-4,6H,5H2,(H,19,20). The molecule has 0 bridgehead atoms. The van der Waals surface area contributed by atoms with Crippen LogP contribution in [0.5, 0.6) is 0 Å². The lowest BCUT2D eigenvalue weighted by Gasteiger charge is -2.08. The van der Waals surface area contributed by atoms with Crippen LogP contribution in [0.3, 0.4) is 0 Å². The minimum absolute atomic E-state index is 0.130. The topological polar surface area (TPSA) is 46.2 Å². The summed E-state index contributed by atoms with van der Waals surface area (Å²) in [6.07, 6.45) is 0.171. The molecule has 0 atom stereocenters. The Balaban J connectivity index is 2.09. The lowest BCUT2D eigenvalue weighted by atomic mass is 9.99. The van der Waals surface area contributed by atoms with Gasteiger partial charge in [0.15, 0.2) is 11.6 Å². The summed E-state index contributed by atoms with van der Waals surface area (Å²) in [5.41, 5.74) is 1.23. The van der Waals surface area contributed by atoms with E-state index in [1.54, 1.807) is 0 Å². The SMILES string of the molecule is O=C1Cc2cc(C(=O)c3cccc(Cl)c3F)c(Cl)cc2N1. The molecule has 1 N–H and O–H groups in total.